The van der Waals surface area contributed by atoms with Crippen molar-refractivity contribution in [2.75, 3.05) is 11.0 Å². The van der Waals surface area contributed by atoms with E-state index in [1.807, 2.05) is 12.3 Å². The quantitative estimate of drug-likeness (QED) is 0.508. The zero-order valence-corrected chi connectivity index (χ0v) is 16.2. The fourth-order valence-corrected chi connectivity index (χ4v) is 4.23. The maximum Gasteiger partial charge on any atom is 0.0445 e. The number of hydrogen-bond acceptors (Lipinski definition) is 2. The third kappa shape index (κ3) is 3.40. The molecule has 3 aromatic rings. The van der Waals surface area contributed by atoms with Crippen molar-refractivity contribution in [3.63, 3.8) is 0 Å². The van der Waals surface area contributed by atoms with E-state index in [9.17, 15) is 0 Å². The van der Waals surface area contributed by atoms with Gasteiger partial charge in [0.15, 0.2) is 0 Å². The summed E-state index contributed by atoms with van der Waals surface area (Å²) >= 11 is 8.16. The van der Waals surface area contributed by atoms with E-state index >= 15 is 0 Å². The summed E-state index contributed by atoms with van der Waals surface area (Å²) in [6.45, 7) is 0. The van der Waals surface area contributed by atoms with E-state index in [0.717, 1.165) is 23.6 Å². The van der Waals surface area contributed by atoms with Crippen LogP contribution in [0.15, 0.2) is 66.7 Å². The smallest absolute Gasteiger partial charge is 0.0445 e. The summed E-state index contributed by atoms with van der Waals surface area (Å²) < 4.78 is 3.31. The molecule has 1 N–H and O–H groups in total. The zero-order valence-electron chi connectivity index (χ0n) is 14.6. The first-order valence-corrected chi connectivity index (χ1v) is 10.3. The number of fused-ring (bicyclic) bond motifs is 2. The van der Waals surface area contributed by atoms with Crippen LogP contribution in [0.5, 0.6) is 0 Å². The summed E-state index contributed by atoms with van der Waals surface area (Å²) in [6, 6.07) is 23.4. The summed E-state index contributed by atoms with van der Waals surface area (Å²) in [7, 11) is 0. The van der Waals surface area contributed by atoms with Crippen molar-refractivity contribution in [3.05, 3.63) is 99.6 Å². The molecular formula is C23H20ClNS. The molecule has 0 amide bonds. The molecule has 130 valence electrons. The Bertz CT molecular complexity index is 977. The van der Waals surface area contributed by atoms with Gasteiger partial charge in [0.25, 0.3) is 0 Å². The van der Waals surface area contributed by atoms with E-state index < -0.39 is 0 Å². The Balaban J connectivity index is 1.92. The molecule has 0 atom stereocenters. The van der Waals surface area contributed by atoms with Gasteiger partial charge < -0.3 is 4.72 Å². The Morgan fingerprint density at radius 2 is 1.73 bits per heavy atom. The molecule has 26 heavy (non-hydrogen) atoms. The van der Waals surface area contributed by atoms with Crippen molar-refractivity contribution in [1.29, 1.82) is 0 Å². The average molecular weight is 378 g/mol. The molecular weight excluding hydrogens is 358 g/mol. The first kappa shape index (κ1) is 17.3. The van der Waals surface area contributed by atoms with Crippen LogP contribution in [0.2, 0.25) is 5.02 Å². The highest BCUT2D eigenvalue weighted by Gasteiger charge is 2.19. The second kappa shape index (κ2) is 7.61. The second-order valence-electron chi connectivity index (χ2n) is 6.41. The summed E-state index contributed by atoms with van der Waals surface area (Å²) in [4.78, 5) is 0. The van der Waals surface area contributed by atoms with Gasteiger partial charge in [-0.15, -0.1) is 0 Å². The van der Waals surface area contributed by atoms with Crippen molar-refractivity contribution in [1.82, 2.24) is 0 Å². The molecule has 0 bridgehead atoms. The molecule has 0 unspecified atom stereocenters. The Labute approximate surface area is 164 Å². The number of hydrogen-bond donors (Lipinski definition) is 1. The summed E-state index contributed by atoms with van der Waals surface area (Å²) in [6.07, 6.45) is 6.30. The summed E-state index contributed by atoms with van der Waals surface area (Å²) in [5, 5.41) is 0.860. The maximum absolute atomic E-state index is 6.55. The molecule has 1 aliphatic rings. The van der Waals surface area contributed by atoms with Gasteiger partial charge in [-0.05, 0) is 70.5 Å². The Kier molecular flexibility index (Phi) is 5.05. The van der Waals surface area contributed by atoms with Gasteiger partial charge in [-0.2, -0.15) is 0 Å². The minimum atomic E-state index is 0.860. The van der Waals surface area contributed by atoms with Crippen molar-refractivity contribution in [3.8, 4) is 0 Å². The largest absolute Gasteiger partial charge is 0.330 e. The first-order valence-electron chi connectivity index (χ1n) is 8.73. The van der Waals surface area contributed by atoms with Gasteiger partial charge in [0.2, 0.25) is 0 Å². The molecule has 3 heteroatoms. The molecule has 0 aliphatic heterocycles. The normalized spacial score (nSPS) is 14.5. The fourth-order valence-electron chi connectivity index (χ4n) is 3.60. The highest BCUT2D eigenvalue weighted by molar-refractivity contribution is 7.99. The fraction of sp³-hybridized carbons (Fsp3) is 0.130. The van der Waals surface area contributed by atoms with E-state index in [2.05, 4.69) is 71.5 Å². The van der Waals surface area contributed by atoms with E-state index in [4.69, 9.17) is 11.6 Å². The van der Waals surface area contributed by atoms with Crippen LogP contribution in [-0.4, -0.2) is 6.26 Å². The average Bonchev–Trinajstić information content (AvgIpc) is 2.81. The Morgan fingerprint density at radius 3 is 2.62 bits per heavy atom. The zero-order chi connectivity index (χ0) is 17.9. The standard InChI is InChI=1S/C23H20ClNS/c1-26-25-18-8-4-6-16(14-18)15-22-19-9-3-2-7-17(19)12-13-21-20(22)10-5-11-23(21)24/h2-11,14-15,25H,12-13H2,1H3/b22-15-. The van der Waals surface area contributed by atoms with Crippen LogP contribution in [0.3, 0.4) is 0 Å². The Hall–Kier alpha value is -2.16. The minimum Gasteiger partial charge on any atom is -0.330 e. The lowest BCUT2D eigenvalue weighted by molar-refractivity contribution is 0.965. The van der Waals surface area contributed by atoms with E-state index in [-0.39, 0.29) is 0 Å². The van der Waals surface area contributed by atoms with Crippen molar-refractivity contribution in [2.24, 2.45) is 0 Å². The highest BCUT2D eigenvalue weighted by atomic mass is 35.5. The molecule has 4 rings (SSSR count). The lowest BCUT2D eigenvalue weighted by Crippen LogP contribution is -1.93. The first-order chi connectivity index (χ1) is 12.8. The second-order valence-corrected chi connectivity index (χ2v) is 7.43. The van der Waals surface area contributed by atoms with Gasteiger partial charge in [0.05, 0.1) is 0 Å². The van der Waals surface area contributed by atoms with Gasteiger partial charge in [-0.1, -0.05) is 72.1 Å². The van der Waals surface area contributed by atoms with Crippen LogP contribution in [0.1, 0.15) is 27.8 Å². The number of nitrogens with one attached hydrogen (secondary N) is 1. The molecule has 0 radical (unpaired) electrons. The molecule has 3 aromatic carbocycles. The van der Waals surface area contributed by atoms with Crippen LogP contribution in [0.25, 0.3) is 11.6 Å². The number of aryl methyl sites for hydroxylation is 1. The third-order valence-electron chi connectivity index (χ3n) is 4.78. The highest BCUT2D eigenvalue weighted by Crippen LogP contribution is 2.37. The minimum absolute atomic E-state index is 0.860. The molecule has 1 aliphatic carbocycles. The number of rotatable bonds is 3. The third-order valence-corrected chi connectivity index (χ3v) is 5.57. The van der Waals surface area contributed by atoms with Crippen LogP contribution < -0.4 is 4.72 Å². The van der Waals surface area contributed by atoms with Gasteiger partial charge >= 0.3 is 0 Å². The molecule has 1 nitrogen and oxygen atoms in total. The molecule has 0 fully saturated rings. The van der Waals surface area contributed by atoms with Gasteiger partial charge in [-0.25, -0.2) is 0 Å². The topological polar surface area (TPSA) is 12.0 Å². The molecule has 0 aromatic heterocycles. The Morgan fingerprint density at radius 1 is 0.923 bits per heavy atom. The van der Waals surface area contributed by atoms with Gasteiger partial charge in [-0.3, -0.25) is 0 Å². The van der Waals surface area contributed by atoms with Gasteiger partial charge in [0.1, 0.15) is 0 Å². The maximum atomic E-state index is 6.55. The number of anilines is 1. The SMILES string of the molecule is CSNc1cccc(/C=C2/c3ccccc3CCc3c(Cl)cccc32)c1. The molecule has 0 saturated carbocycles. The molecule has 0 spiro atoms. The van der Waals surface area contributed by atoms with E-state index in [1.54, 1.807) is 11.9 Å². The van der Waals surface area contributed by atoms with Crippen molar-refractivity contribution in [2.45, 2.75) is 12.8 Å². The number of halogens is 1. The van der Waals surface area contributed by atoms with Crippen LogP contribution in [-0.2, 0) is 12.8 Å². The lowest BCUT2D eigenvalue weighted by Gasteiger charge is -2.13. The summed E-state index contributed by atoms with van der Waals surface area (Å²) in [5.41, 5.74) is 8.71. The van der Waals surface area contributed by atoms with Crippen LogP contribution in [0, 0.1) is 0 Å². The predicted octanol–water partition coefficient (Wildman–Crippen LogP) is 6.72. The van der Waals surface area contributed by atoms with Crippen LogP contribution >= 0.6 is 23.5 Å². The van der Waals surface area contributed by atoms with Crippen molar-refractivity contribution < 1.29 is 0 Å². The van der Waals surface area contributed by atoms with Crippen LogP contribution in [0.4, 0.5) is 5.69 Å². The van der Waals surface area contributed by atoms with Gasteiger partial charge in [0, 0.05) is 17.0 Å². The monoisotopic (exact) mass is 377 g/mol. The predicted molar refractivity (Wildman–Crippen MR) is 116 cm³/mol. The van der Waals surface area contributed by atoms with E-state index in [0.29, 0.717) is 0 Å². The van der Waals surface area contributed by atoms with Crippen molar-refractivity contribution >= 4 is 40.9 Å². The molecule has 0 saturated heterocycles. The molecule has 0 heterocycles. The number of benzene rings is 3. The lowest BCUT2D eigenvalue weighted by atomic mass is 9.92. The summed E-state index contributed by atoms with van der Waals surface area (Å²) in [5.74, 6) is 0. The van der Waals surface area contributed by atoms with E-state index in [1.165, 1.54) is 33.4 Å².